The second-order valence-corrected chi connectivity index (χ2v) is 6.17. The Morgan fingerprint density at radius 3 is 2.55 bits per heavy atom. The molecule has 1 aromatic heterocycles. The van der Waals surface area contributed by atoms with Gasteiger partial charge in [0.25, 0.3) is 10.0 Å². The molecule has 8 nitrogen and oxygen atoms in total. The number of sulfonamides is 1. The van der Waals surface area contributed by atoms with E-state index >= 15 is 0 Å². The minimum absolute atomic E-state index is 0.0604. The minimum Gasteiger partial charge on any atom is -0.496 e. The number of nitrogens with one attached hydrogen (secondary N) is 1. The highest BCUT2D eigenvalue weighted by molar-refractivity contribution is 7.92. The number of hydrogen-bond donors (Lipinski definition) is 2. The molecule has 2 rings (SSSR count). The van der Waals surface area contributed by atoms with Crippen LogP contribution in [0.3, 0.4) is 0 Å². The zero-order valence-corrected chi connectivity index (χ0v) is 12.9. The largest absolute Gasteiger partial charge is 0.496 e. The molecular weight excluding hydrogens is 312 g/mol. The van der Waals surface area contributed by atoms with Crippen molar-refractivity contribution in [2.45, 2.75) is 18.7 Å². The third-order valence-corrected chi connectivity index (χ3v) is 4.44. The second kappa shape index (κ2) is 5.68. The summed E-state index contributed by atoms with van der Waals surface area (Å²) in [4.78, 5) is 10.9. The van der Waals surface area contributed by atoms with E-state index in [1.807, 2.05) is 0 Å². The summed E-state index contributed by atoms with van der Waals surface area (Å²) in [6.45, 7) is 3.30. The molecule has 0 aliphatic heterocycles. The topological polar surface area (TPSA) is 119 Å². The molecule has 0 radical (unpaired) electrons. The summed E-state index contributed by atoms with van der Waals surface area (Å²) in [5.41, 5.74) is 0.300. The van der Waals surface area contributed by atoms with Crippen LogP contribution < -0.4 is 9.46 Å². The summed E-state index contributed by atoms with van der Waals surface area (Å²) in [6.07, 6.45) is 0. The molecule has 1 heterocycles. The molecule has 0 bridgehead atoms. The predicted octanol–water partition coefficient (Wildman–Crippen LogP) is 1.80. The first kappa shape index (κ1) is 15.8. The first-order valence-corrected chi connectivity index (χ1v) is 7.61. The van der Waals surface area contributed by atoms with Crippen LogP contribution in [0, 0.1) is 13.8 Å². The standard InChI is InChI=1S/C13H14N2O6S/c1-7-8(2)21-14-12(7)15-22(18,19)9-4-5-11(20-3)10(6-9)13(16)17/h4-6H,1-3H3,(H,14,15)(H,16,17). The van der Waals surface area contributed by atoms with E-state index in [2.05, 4.69) is 9.88 Å². The Labute approximate surface area is 126 Å². The number of benzene rings is 1. The molecular formula is C13H14N2O6S. The molecule has 0 unspecified atom stereocenters. The van der Waals surface area contributed by atoms with E-state index in [-0.39, 0.29) is 22.0 Å². The Morgan fingerprint density at radius 1 is 1.36 bits per heavy atom. The van der Waals surface area contributed by atoms with Crippen LogP contribution in [0.15, 0.2) is 27.6 Å². The van der Waals surface area contributed by atoms with Gasteiger partial charge in [0.05, 0.1) is 12.0 Å². The smallest absolute Gasteiger partial charge is 0.339 e. The second-order valence-electron chi connectivity index (χ2n) is 4.49. The first-order chi connectivity index (χ1) is 10.3. The number of hydrogen-bond acceptors (Lipinski definition) is 6. The molecule has 0 amide bonds. The highest BCUT2D eigenvalue weighted by Gasteiger charge is 2.22. The van der Waals surface area contributed by atoms with Gasteiger partial charge in [-0.15, -0.1) is 0 Å². The van der Waals surface area contributed by atoms with Gasteiger partial charge in [0.15, 0.2) is 5.82 Å². The van der Waals surface area contributed by atoms with Gasteiger partial charge >= 0.3 is 5.97 Å². The number of rotatable bonds is 5. The van der Waals surface area contributed by atoms with Gasteiger partial charge in [-0.05, 0) is 32.0 Å². The minimum atomic E-state index is -3.99. The number of carboxylic acid groups (broad SMARTS) is 1. The van der Waals surface area contributed by atoms with Gasteiger partial charge in [0, 0.05) is 5.56 Å². The molecule has 0 atom stereocenters. The van der Waals surface area contributed by atoms with Gasteiger partial charge in [-0.3, -0.25) is 4.72 Å². The number of methoxy groups -OCH3 is 1. The lowest BCUT2D eigenvalue weighted by Crippen LogP contribution is -2.15. The van der Waals surface area contributed by atoms with Crippen LogP contribution in [0.4, 0.5) is 5.82 Å². The molecule has 2 N–H and O–H groups in total. The number of ether oxygens (including phenoxy) is 1. The molecule has 2 aromatic rings. The summed E-state index contributed by atoms with van der Waals surface area (Å²) in [5.74, 6) is -0.675. The van der Waals surface area contributed by atoms with E-state index in [9.17, 15) is 13.2 Å². The van der Waals surface area contributed by atoms with Crippen molar-refractivity contribution >= 4 is 21.8 Å². The van der Waals surface area contributed by atoms with Crippen LogP contribution >= 0.6 is 0 Å². The molecule has 9 heteroatoms. The van der Waals surface area contributed by atoms with E-state index in [0.29, 0.717) is 11.3 Å². The number of anilines is 1. The lowest BCUT2D eigenvalue weighted by atomic mass is 10.2. The third-order valence-electron chi connectivity index (χ3n) is 3.10. The zero-order valence-electron chi connectivity index (χ0n) is 12.1. The van der Waals surface area contributed by atoms with Crippen molar-refractivity contribution in [3.8, 4) is 5.75 Å². The number of nitrogens with zero attached hydrogens (tertiary/aromatic N) is 1. The van der Waals surface area contributed by atoms with Crippen molar-refractivity contribution < 1.29 is 27.6 Å². The number of aryl methyl sites for hydroxylation is 1. The van der Waals surface area contributed by atoms with Gasteiger partial charge in [-0.1, -0.05) is 5.16 Å². The average Bonchev–Trinajstić information content (AvgIpc) is 2.78. The predicted molar refractivity (Wildman–Crippen MR) is 76.7 cm³/mol. The summed E-state index contributed by atoms with van der Waals surface area (Å²) in [5, 5.41) is 12.7. The van der Waals surface area contributed by atoms with Crippen LogP contribution in [-0.2, 0) is 10.0 Å². The van der Waals surface area contributed by atoms with Crippen LogP contribution in [0.25, 0.3) is 0 Å². The van der Waals surface area contributed by atoms with Crippen LogP contribution in [0.2, 0.25) is 0 Å². The Hall–Kier alpha value is -2.55. The number of carboxylic acids is 1. The highest BCUT2D eigenvalue weighted by atomic mass is 32.2. The molecule has 0 aliphatic rings. The number of aromatic nitrogens is 1. The Bertz CT molecular complexity index is 825. The monoisotopic (exact) mass is 326 g/mol. The van der Waals surface area contributed by atoms with Gasteiger partial charge in [0.2, 0.25) is 0 Å². The lowest BCUT2D eigenvalue weighted by molar-refractivity contribution is 0.0693. The van der Waals surface area contributed by atoms with E-state index < -0.39 is 16.0 Å². The molecule has 0 fully saturated rings. The van der Waals surface area contributed by atoms with Gasteiger partial charge < -0.3 is 14.4 Å². The van der Waals surface area contributed by atoms with Crippen molar-refractivity contribution in [3.05, 3.63) is 35.1 Å². The van der Waals surface area contributed by atoms with E-state index in [1.165, 1.54) is 19.2 Å². The molecule has 0 saturated carbocycles. The quantitative estimate of drug-likeness (QED) is 0.859. The lowest BCUT2D eigenvalue weighted by Gasteiger charge is -2.09. The van der Waals surface area contributed by atoms with Gasteiger partial charge in [-0.2, -0.15) is 0 Å². The Kier molecular flexibility index (Phi) is 4.09. The van der Waals surface area contributed by atoms with Crippen LogP contribution in [-0.4, -0.2) is 31.8 Å². The number of aromatic carboxylic acids is 1. The normalized spacial score (nSPS) is 11.2. The number of carbonyl (C=O) groups is 1. The average molecular weight is 326 g/mol. The first-order valence-electron chi connectivity index (χ1n) is 6.13. The van der Waals surface area contributed by atoms with Crippen molar-refractivity contribution in [2.75, 3.05) is 11.8 Å². The van der Waals surface area contributed by atoms with Crippen molar-refractivity contribution in [3.63, 3.8) is 0 Å². The highest BCUT2D eigenvalue weighted by Crippen LogP contribution is 2.25. The van der Waals surface area contributed by atoms with E-state index in [1.54, 1.807) is 13.8 Å². The van der Waals surface area contributed by atoms with Crippen molar-refractivity contribution in [2.24, 2.45) is 0 Å². The zero-order chi connectivity index (χ0) is 16.5. The maximum Gasteiger partial charge on any atom is 0.339 e. The third kappa shape index (κ3) is 2.89. The van der Waals surface area contributed by atoms with E-state index in [4.69, 9.17) is 14.4 Å². The van der Waals surface area contributed by atoms with E-state index in [0.717, 1.165) is 6.07 Å². The maximum absolute atomic E-state index is 12.3. The molecule has 0 spiro atoms. The summed E-state index contributed by atoms with van der Waals surface area (Å²) >= 11 is 0. The Morgan fingerprint density at radius 2 is 2.05 bits per heavy atom. The molecule has 118 valence electrons. The van der Waals surface area contributed by atoms with Crippen LogP contribution in [0.5, 0.6) is 5.75 Å². The van der Waals surface area contributed by atoms with Gasteiger partial charge in [-0.25, -0.2) is 13.2 Å². The fourth-order valence-electron chi connectivity index (χ4n) is 1.72. The van der Waals surface area contributed by atoms with Crippen molar-refractivity contribution in [1.82, 2.24) is 5.16 Å². The Balaban J connectivity index is 2.43. The molecule has 1 aromatic carbocycles. The van der Waals surface area contributed by atoms with Crippen LogP contribution in [0.1, 0.15) is 21.7 Å². The van der Waals surface area contributed by atoms with Crippen molar-refractivity contribution in [1.29, 1.82) is 0 Å². The summed E-state index contributed by atoms with van der Waals surface area (Å²) in [7, 11) is -2.69. The fourth-order valence-corrected chi connectivity index (χ4v) is 2.80. The summed E-state index contributed by atoms with van der Waals surface area (Å²) < 4.78 is 36.7. The molecule has 0 saturated heterocycles. The SMILES string of the molecule is COc1ccc(S(=O)(=O)Nc2noc(C)c2C)cc1C(=O)O. The maximum atomic E-state index is 12.3. The fraction of sp³-hybridized carbons (Fsp3) is 0.231. The molecule has 22 heavy (non-hydrogen) atoms. The summed E-state index contributed by atoms with van der Waals surface area (Å²) in [6, 6.07) is 3.54. The van der Waals surface area contributed by atoms with Gasteiger partial charge in [0.1, 0.15) is 17.1 Å². The molecule has 0 aliphatic carbocycles.